The minimum atomic E-state index is -4.80. The van der Waals surface area contributed by atoms with Crippen molar-refractivity contribution in [1.82, 2.24) is 4.98 Å². The number of halogens is 4. The summed E-state index contributed by atoms with van der Waals surface area (Å²) >= 11 is 0. The monoisotopic (exact) mass is 340 g/mol. The van der Waals surface area contributed by atoms with Crippen LogP contribution in [0.2, 0.25) is 0 Å². The van der Waals surface area contributed by atoms with E-state index in [0.29, 0.717) is 18.0 Å². The van der Waals surface area contributed by atoms with Crippen molar-refractivity contribution >= 4 is 5.69 Å². The van der Waals surface area contributed by atoms with Gasteiger partial charge in [0.25, 0.3) is 0 Å². The van der Waals surface area contributed by atoms with Gasteiger partial charge in [-0.2, -0.15) is 18.3 Å². The molecule has 0 saturated carbocycles. The van der Waals surface area contributed by atoms with E-state index < -0.39 is 17.6 Å². The molecule has 126 valence electrons. The molecular weight excluding hydrogens is 328 g/mol. The van der Waals surface area contributed by atoms with Gasteiger partial charge in [-0.25, -0.2) is 14.9 Å². The third-order valence-electron chi connectivity index (χ3n) is 2.83. The number of hydrogen-bond acceptors (Lipinski definition) is 5. The molecule has 9 heteroatoms. The zero-order valence-electron chi connectivity index (χ0n) is 12.1. The Bertz CT molecular complexity index is 732. The van der Waals surface area contributed by atoms with E-state index in [1.807, 2.05) is 0 Å². The summed E-state index contributed by atoms with van der Waals surface area (Å²) in [5.41, 5.74) is 5.78. The molecule has 2 rings (SSSR count). The topological polar surface area (TPSA) is 70.4 Å². The number of nitrogens with one attached hydrogen (secondary N) is 2. The van der Waals surface area contributed by atoms with E-state index in [9.17, 15) is 17.6 Å². The summed E-state index contributed by atoms with van der Waals surface area (Å²) in [6, 6.07) is 7.49. The Kier molecular flexibility index (Phi) is 5.46. The van der Waals surface area contributed by atoms with E-state index in [1.165, 1.54) is 12.4 Å². The van der Waals surface area contributed by atoms with Crippen LogP contribution in [0, 0.1) is 11.3 Å². The highest BCUT2D eigenvalue weighted by Crippen LogP contribution is 2.33. The van der Waals surface area contributed by atoms with Crippen molar-refractivity contribution in [3.8, 4) is 5.88 Å². The molecule has 2 N–H and O–H groups in total. The molecule has 1 heterocycles. The van der Waals surface area contributed by atoms with E-state index in [2.05, 4.69) is 15.4 Å². The summed E-state index contributed by atoms with van der Waals surface area (Å²) in [5, 5.41) is 5.74. The normalized spacial score (nSPS) is 11.9. The molecule has 0 radical (unpaired) electrons. The summed E-state index contributed by atoms with van der Waals surface area (Å²) in [5.74, 6) is -1.05. The van der Waals surface area contributed by atoms with Crippen molar-refractivity contribution in [3.05, 3.63) is 65.9 Å². The molecule has 0 amide bonds. The smallest absolute Gasteiger partial charge is 0.419 e. The van der Waals surface area contributed by atoms with Crippen molar-refractivity contribution in [2.45, 2.75) is 6.18 Å². The van der Waals surface area contributed by atoms with Gasteiger partial charge < -0.3 is 10.1 Å². The highest BCUT2D eigenvalue weighted by molar-refractivity contribution is 5.49. The first-order valence-corrected chi connectivity index (χ1v) is 6.64. The van der Waals surface area contributed by atoms with E-state index in [0.717, 1.165) is 6.07 Å². The van der Waals surface area contributed by atoms with Crippen LogP contribution in [0.25, 0.3) is 0 Å². The number of pyridine rings is 1. The van der Waals surface area contributed by atoms with Gasteiger partial charge in [-0.05, 0) is 24.3 Å². The van der Waals surface area contributed by atoms with Crippen LogP contribution >= 0.6 is 0 Å². The fourth-order valence-corrected chi connectivity index (χ4v) is 1.69. The predicted octanol–water partition coefficient (Wildman–Crippen LogP) is 4.60. The third kappa shape index (κ3) is 4.77. The van der Waals surface area contributed by atoms with E-state index in [1.54, 1.807) is 18.2 Å². The Morgan fingerprint density at radius 3 is 2.71 bits per heavy atom. The molecule has 0 aliphatic carbocycles. The van der Waals surface area contributed by atoms with Crippen LogP contribution in [0.3, 0.4) is 0 Å². The number of benzene rings is 1. The Morgan fingerprint density at radius 1 is 1.29 bits per heavy atom. The van der Waals surface area contributed by atoms with E-state index in [-0.39, 0.29) is 18.0 Å². The van der Waals surface area contributed by atoms with Crippen molar-refractivity contribution < 1.29 is 22.3 Å². The number of aromatic nitrogens is 1. The first kappa shape index (κ1) is 17.4. The zero-order chi connectivity index (χ0) is 17.6. The second kappa shape index (κ2) is 7.53. The van der Waals surface area contributed by atoms with Gasteiger partial charge in [-0.1, -0.05) is 6.07 Å². The summed E-state index contributed by atoms with van der Waals surface area (Å²) in [7, 11) is 0. The van der Waals surface area contributed by atoms with Gasteiger partial charge >= 0.3 is 6.18 Å². The maximum atomic E-state index is 13.2. The molecular formula is C15H12F4N4O. The molecule has 24 heavy (non-hydrogen) atoms. The number of alkyl halides is 3. The van der Waals surface area contributed by atoms with E-state index >= 15 is 0 Å². The molecule has 5 nitrogen and oxygen atoms in total. The van der Waals surface area contributed by atoms with Crippen molar-refractivity contribution in [2.24, 2.45) is 5.11 Å². The van der Waals surface area contributed by atoms with Gasteiger partial charge in [-0.3, -0.25) is 0 Å². The molecule has 1 aromatic heterocycles. The number of hydrogen-bond donors (Lipinski definition) is 2. The fraction of sp³-hybridized carbons (Fsp3) is 0.133. The molecule has 0 saturated heterocycles. The maximum absolute atomic E-state index is 13.2. The van der Waals surface area contributed by atoms with Gasteiger partial charge in [0.05, 0.1) is 5.56 Å². The summed E-state index contributed by atoms with van der Waals surface area (Å²) in [4.78, 5) is 3.91. The quantitative estimate of drug-likeness (QED) is 0.596. The molecule has 0 atom stereocenters. The zero-order valence-corrected chi connectivity index (χ0v) is 12.1. The highest BCUT2D eigenvalue weighted by atomic mass is 19.4. The number of anilines is 1. The molecule has 0 unspecified atom stereocenters. The lowest BCUT2D eigenvalue weighted by Gasteiger charge is -2.10. The molecule has 0 spiro atoms. The average Bonchev–Trinajstić information content (AvgIpc) is 2.56. The standard InChI is InChI=1S/C15H12F4N4O/c16-13-5-4-10(7-12(13)15(17,18)19)22-8-11(23-20)9-24-14-3-1-2-6-21-14/h1-8,20,22H,9H2/b11-8-,23-20?. The lowest BCUT2D eigenvalue weighted by molar-refractivity contribution is -0.139. The molecule has 0 fully saturated rings. The summed E-state index contributed by atoms with van der Waals surface area (Å²) in [6.07, 6.45) is -2.08. The second-order valence-corrected chi connectivity index (χ2v) is 4.54. The first-order valence-electron chi connectivity index (χ1n) is 6.64. The lowest BCUT2D eigenvalue weighted by atomic mass is 10.2. The fourth-order valence-electron chi connectivity index (χ4n) is 1.69. The van der Waals surface area contributed by atoms with Crippen LogP contribution < -0.4 is 10.1 Å². The molecule has 1 aromatic carbocycles. The number of nitrogens with zero attached hydrogens (tertiary/aromatic N) is 2. The molecule has 0 bridgehead atoms. The Labute approximate surface area is 134 Å². The second-order valence-electron chi connectivity index (χ2n) is 4.54. The van der Waals surface area contributed by atoms with Crippen molar-refractivity contribution in [1.29, 1.82) is 5.53 Å². The van der Waals surface area contributed by atoms with Crippen molar-refractivity contribution in [2.75, 3.05) is 11.9 Å². The van der Waals surface area contributed by atoms with Crippen LogP contribution in [0.5, 0.6) is 5.88 Å². The minimum Gasteiger partial charge on any atom is -0.471 e. The van der Waals surface area contributed by atoms with Gasteiger partial charge in [0.15, 0.2) is 0 Å². The van der Waals surface area contributed by atoms with Crippen LogP contribution in [-0.2, 0) is 6.18 Å². The number of rotatable bonds is 6. The van der Waals surface area contributed by atoms with Crippen LogP contribution in [0.1, 0.15) is 5.56 Å². The maximum Gasteiger partial charge on any atom is 0.419 e. The third-order valence-corrected chi connectivity index (χ3v) is 2.83. The lowest BCUT2D eigenvalue weighted by Crippen LogP contribution is -2.09. The Balaban J connectivity index is 2.06. The van der Waals surface area contributed by atoms with Crippen LogP contribution in [0.15, 0.2) is 59.6 Å². The van der Waals surface area contributed by atoms with Gasteiger partial charge in [0, 0.05) is 24.2 Å². The molecule has 2 aromatic rings. The SMILES string of the molecule is N=N/C(=C\Nc1ccc(F)c(C(F)(F)F)c1)COc1ccccn1. The first-order chi connectivity index (χ1) is 11.4. The largest absolute Gasteiger partial charge is 0.471 e. The number of ether oxygens (including phenoxy) is 1. The Hall–Kier alpha value is -2.97. The molecule has 0 aliphatic heterocycles. The van der Waals surface area contributed by atoms with Gasteiger partial charge in [0.2, 0.25) is 5.88 Å². The predicted molar refractivity (Wildman–Crippen MR) is 78.0 cm³/mol. The average molecular weight is 340 g/mol. The van der Waals surface area contributed by atoms with E-state index in [4.69, 9.17) is 10.3 Å². The van der Waals surface area contributed by atoms with Crippen LogP contribution in [-0.4, -0.2) is 11.6 Å². The van der Waals surface area contributed by atoms with Crippen LogP contribution in [0.4, 0.5) is 23.2 Å². The van der Waals surface area contributed by atoms with Gasteiger partial charge in [-0.15, -0.1) is 0 Å². The highest BCUT2D eigenvalue weighted by Gasteiger charge is 2.34. The minimum absolute atomic E-state index is 0.00251. The van der Waals surface area contributed by atoms with Crippen molar-refractivity contribution in [3.63, 3.8) is 0 Å². The summed E-state index contributed by atoms with van der Waals surface area (Å²) < 4.78 is 56.4. The van der Waals surface area contributed by atoms with Gasteiger partial charge in [0.1, 0.15) is 18.1 Å². The summed E-state index contributed by atoms with van der Waals surface area (Å²) in [6.45, 7) is -0.110. The Morgan fingerprint density at radius 2 is 2.08 bits per heavy atom. The molecule has 0 aliphatic rings.